The average Bonchev–Trinajstić information content (AvgIpc) is 2.64. The van der Waals surface area contributed by atoms with Gasteiger partial charge in [0.05, 0.1) is 0 Å². The van der Waals surface area contributed by atoms with Crippen LogP contribution in [0.2, 0.25) is 0 Å². The first kappa shape index (κ1) is 18.3. The van der Waals surface area contributed by atoms with Gasteiger partial charge in [-0.2, -0.15) is 0 Å². The summed E-state index contributed by atoms with van der Waals surface area (Å²) >= 11 is 0. The number of rotatable bonds is 8. The lowest BCUT2D eigenvalue weighted by atomic mass is 9.48. The van der Waals surface area contributed by atoms with Crippen LogP contribution >= 0.6 is 0 Å². The molecule has 0 spiro atoms. The van der Waals surface area contributed by atoms with Gasteiger partial charge in [-0.15, -0.1) is 0 Å². The van der Waals surface area contributed by atoms with E-state index in [0.29, 0.717) is 18.6 Å². The molecule has 5 rings (SSSR count). The Labute approximate surface area is 158 Å². The number of aliphatic hydroxyl groups is 1. The van der Waals surface area contributed by atoms with Crippen LogP contribution in [0.4, 0.5) is 0 Å². The predicted octanol–water partition coefficient (Wildman–Crippen LogP) is 4.24. The van der Waals surface area contributed by atoms with Crippen LogP contribution in [0.25, 0.3) is 0 Å². The summed E-state index contributed by atoms with van der Waals surface area (Å²) in [6.45, 7) is 7.23. The second-order valence-electron chi connectivity index (χ2n) is 9.17. The van der Waals surface area contributed by atoms with E-state index < -0.39 is 6.10 Å². The minimum Gasteiger partial charge on any atom is -0.491 e. The number of ether oxygens (including phenoxy) is 1. The number of hydrogen-bond donors (Lipinski definition) is 1. The van der Waals surface area contributed by atoms with Crippen molar-refractivity contribution in [1.29, 1.82) is 0 Å². The first-order chi connectivity index (χ1) is 12.6. The molecule has 1 aromatic carbocycles. The van der Waals surface area contributed by atoms with E-state index >= 15 is 0 Å². The maximum absolute atomic E-state index is 10.2. The number of nitrogens with zero attached hydrogens (tertiary/aromatic N) is 1. The Kier molecular flexibility index (Phi) is 5.29. The number of likely N-dealkylation sites (N-methyl/N-ethyl adjacent to an activating group) is 1. The third-order valence-corrected chi connectivity index (χ3v) is 7.31. The molecule has 3 heteroatoms. The summed E-state index contributed by atoms with van der Waals surface area (Å²) in [5.41, 5.74) is 1.99. The molecule has 1 aromatic rings. The van der Waals surface area contributed by atoms with Crippen molar-refractivity contribution in [3.63, 3.8) is 0 Å². The smallest absolute Gasteiger partial charge is 0.119 e. The van der Waals surface area contributed by atoms with Gasteiger partial charge in [-0.1, -0.05) is 26.0 Å². The summed E-state index contributed by atoms with van der Waals surface area (Å²) in [6.07, 6.45) is 8.25. The normalized spacial score (nSPS) is 33.6. The molecule has 4 fully saturated rings. The van der Waals surface area contributed by atoms with E-state index in [9.17, 15) is 5.11 Å². The summed E-state index contributed by atoms with van der Waals surface area (Å²) in [5.74, 6) is 3.82. The van der Waals surface area contributed by atoms with Gasteiger partial charge in [-0.05, 0) is 92.5 Å². The third kappa shape index (κ3) is 3.66. The van der Waals surface area contributed by atoms with Crippen molar-refractivity contribution >= 4 is 0 Å². The highest BCUT2D eigenvalue weighted by atomic mass is 16.5. The average molecular weight is 358 g/mol. The highest BCUT2D eigenvalue weighted by Crippen LogP contribution is 2.60. The molecule has 1 atom stereocenters. The van der Waals surface area contributed by atoms with Gasteiger partial charge in [0.15, 0.2) is 0 Å². The van der Waals surface area contributed by atoms with E-state index in [4.69, 9.17) is 4.74 Å². The van der Waals surface area contributed by atoms with Gasteiger partial charge >= 0.3 is 0 Å². The summed E-state index contributed by atoms with van der Waals surface area (Å²) in [7, 11) is 0. The van der Waals surface area contributed by atoms with Crippen LogP contribution in [0.15, 0.2) is 24.3 Å². The van der Waals surface area contributed by atoms with Crippen molar-refractivity contribution in [2.75, 3.05) is 26.2 Å². The monoisotopic (exact) mass is 357 g/mol. The van der Waals surface area contributed by atoms with Crippen LogP contribution in [-0.2, 0) is 5.41 Å². The van der Waals surface area contributed by atoms with Crippen molar-refractivity contribution in [3.05, 3.63) is 29.8 Å². The minimum absolute atomic E-state index is 0.368. The van der Waals surface area contributed by atoms with Crippen LogP contribution in [0.5, 0.6) is 5.75 Å². The Bertz CT molecular complexity index is 557. The molecule has 0 amide bonds. The first-order valence-corrected chi connectivity index (χ1v) is 10.7. The van der Waals surface area contributed by atoms with E-state index in [1.807, 2.05) is 0 Å². The molecular weight excluding hydrogens is 322 g/mol. The SMILES string of the molecule is CCN(CC)CC(O)COc1ccc(C23CC4CC(CC(C4)C2)C3)cc1. The first-order valence-electron chi connectivity index (χ1n) is 10.7. The molecule has 0 aliphatic heterocycles. The Morgan fingerprint density at radius 1 is 1.00 bits per heavy atom. The van der Waals surface area contributed by atoms with E-state index in [1.165, 1.54) is 44.1 Å². The molecule has 1 N–H and O–H groups in total. The van der Waals surface area contributed by atoms with Crippen LogP contribution in [0.1, 0.15) is 57.9 Å². The van der Waals surface area contributed by atoms with Crippen LogP contribution in [0, 0.1) is 17.8 Å². The quantitative estimate of drug-likeness (QED) is 0.755. The summed E-state index contributed by atoms with van der Waals surface area (Å²) in [5, 5.41) is 10.2. The number of hydrogen-bond acceptors (Lipinski definition) is 3. The number of aliphatic hydroxyl groups excluding tert-OH is 1. The molecule has 0 radical (unpaired) electrons. The lowest BCUT2D eigenvalue weighted by Crippen LogP contribution is -2.48. The van der Waals surface area contributed by atoms with Crippen LogP contribution < -0.4 is 4.74 Å². The van der Waals surface area contributed by atoms with E-state index in [0.717, 1.165) is 36.6 Å². The third-order valence-electron chi connectivity index (χ3n) is 7.31. The zero-order valence-corrected chi connectivity index (χ0v) is 16.5. The Hall–Kier alpha value is -1.06. The molecule has 0 heterocycles. The van der Waals surface area contributed by atoms with E-state index in [-0.39, 0.29) is 0 Å². The molecular formula is C23H35NO2. The molecule has 1 unspecified atom stereocenters. The predicted molar refractivity (Wildman–Crippen MR) is 106 cm³/mol. The van der Waals surface area contributed by atoms with Gasteiger partial charge in [0.1, 0.15) is 18.5 Å². The highest BCUT2D eigenvalue weighted by molar-refractivity contribution is 5.34. The molecule has 4 bridgehead atoms. The highest BCUT2D eigenvalue weighted by Gasteiger charge is 2.51. The maximum Gasteiger partial charge on any atom is 0.119 e. The lowest BCUT2D eigenvalue weighted by molar-refractivity contribution is -0.00522. The fourth-order valence-electron chi connectivity index (χ4n) is 6.39. The van der Waals surface area contributed by atoms with Crippen molar-refractivity contribution in [2.24, 2.45) is 17.8 Å². The van der Waals surface area contributed by atoms with E-state index in [1.54, 1.807) is 0 Å². The fraction of sp³-hybridized carbons (Fsp3) is 0.739. The topological polar surface area (TPSA) is 32.7 Å². The second-order valence-corrected chi connectivity index (χ2v) is 9.17. The van der Waals surface area contributed by atoms with Crippen molar-refractivity contribution in [1.82, 2.24) is 4.90 Å². The molecule has 4 aliphatic rings. The van der Waals surface area contributed by atoms with E-state index in [2.05, 4.69) is 43.0 Å². The van der Waals surface area contributed by atoms with Gasteiger partial charge in [0, 0.05) is 6.54 Å². The Balaban J connectivity index is 1.35. The zero-order valence-electron chi connectivity index (χ0n) is 16.5. The van der Waals surface area contributed by atoms with Crippen molar-refractivity contribution in [2.45, 2.75) is 63.9 Å². The summed E-state index contributed by atoms with van der Waals surface area (Å²) < 4.78 is 5.85. The molecule has 3 nitrogen and oxygen atoms in total. The summed E-state index contributed by atoms with van der Waals surface area (Å²) in [6, 6.07) is 8.86. The van der Waals surface area contributed by atoms with Gasteiger partial charge in [0.2, 0.25) is 0 Å². The minimum atomic E-state index is -0.433. The van der Waals surface area contributed by atoms with Crippen LogP contribution in [-0.4, -0.2) is 42.4 Å². The van der Waals surface area contributed by atoms with Gasteiger partial charge in [-0.3, -0.25) is 0 Å². The second kappa shape index (κ2) is 7.52. The fourth-order valence-corrected chi connectivity index (χ4v) is 6.39. The zero-order chi connectivity index (χ0) is 18.1. The Morgan fingerprint density at radius 3 is 2.04 bits per heavy atom. The Morgan fingerprint density at radius 2 is 1.54 bits per heavy atom. The molecule has 144 valence electrons. The van der Waals surface area contributed by atoms with Crippen molar-refractivity contribution in [3.8, 4) is 5.75 Å². The molecule has 26 heavy (non-hydrogen) atoms. The molecule has 0 aromatic heterocycles. The molecule has 0 saturated heterocycles. The largest absolute Gasteiger partial charge is 0.491 e. The van der Waals surface area contributed by atoms with Crippen molar-refractivity contribution < 1.29 is 9.84 Å². The molecule has 4 aliphatic carbocycles. The maximum atomic E-state index is 10.2. The summed E-state index contributed by atoms with van der Waals surface area (Å²) in [4.78, 5) is 2.23. The van der Waals surface area contributed by atoms with Gasteiger partial charge < -0.3 is 14.7 Å². The van der Waals surface area contributed by atoms with Gasteiger partial charge in [0.25, 0.3) is 0 Å². The standard InChI is InChI=1S/C23H35NO2/c1-3-24(4-2)15-21(25)16-26-22-7-5-20(6-8-22)23-12-17-9-18(13-23)11-19(10-17)14-23/h5-8,17-19,21,25H,3-4,9-16H2,1-2H3. The number of benzene rings is 1. The lowest BCUT2D eigenvalue weighted by Gasteiger charge is -2.57. The molecule has 4 saturated carbocycles. The van der Waals surface area contributed by atoms with Crippen LogP contribution in [0.3, 0.4) is 0 Å². The van der Waals surface area contributed by atoms with Gasteiger partial charge in [-0.25, -0.2) is 0 Å².